The Morgan fingerprint density at radius 3 is 2.66 bits per heavy atom. The summed E-state index contributed by atoms with van der Waals surface area (Å²) in [5.74, 6) is 0.661. The van der Waals surface area contributed by atoms with Crippen LogP contribution in [0.4, 0.5) is 5.69 Å². The molecule has 0 radical (unpaired) electrons. The van der Waals surface area contributed by atoms with E-state index in [9.17, 15) is 9.59 Å². The van der Waals surface area contributed by atoms with Gasteiger partial charge in [0.1, 0.15) is 12.3 Å². The predicted octanol–water partition coefficient (Wildman–Crippen LogP) is 3.32. The Morgan fingerprint density at radius 2 is 2.00 bits per heavy atom. The van der Waals surface area contributed by atoms with Gasteiger partial charge >= 0.3 is 5.97 Å². The van der Waals surface area contributed by atoms with Gasteiger partial charge in [-0.2, -0.15) is 0 Å². The van der Waals surface area contributed by atoms with E-state index in [1.165, 1.54) is 25.7 Å². The average molecular weight is 404 g/mol. The monoisotopic (exact) mass is 403 g/mol. The van der Waals surface area contributed by atoms with Gasteiger partial charge < -0.3 is 19.7 Å². The summed E-state index contributed by atoms with van der Waals surface area (Å²) in [6.07, 6.45) is 6.55. The number of pyridine rings is 1. The van der Waals surface area contributed by atoms with Gasteiger partial charge in [-0.3, -0.25) is 9.59 Å². The van der Waals surface area contributed by atoms with E-state index in [0.29, 0.717) is 36.9 Å². The van der Waals surface area contributed by atoms with Crippen LogP contribution in [0.3, 0.4) is 0 Å². The summed E-state index contributed by atoms with van der Waals surface area (Å²) in [7, 11) is 0. The lowest BCUT2D eigenvalue weighted by Gasteiger charge is -2.21. The number of amides is 1. The molecule has 1 aromatic rings. The molecule has 0 bridgehead atoms. The lowest BCUT2D eigenvalue weighted by molar-refractivity contribution is -0.144. The minimum atomic E-state index is -0.271. The van der Waals surface area contributed by atoms with Gasteiger partial charge in [0.05, 0.1) is 18.3 Å². The lowest BCUT2D eigenvalue weighted by atomic mass is 10.2. The molecule has 2 heterocycles. The van der Waals surface area contributed by atoms with Gasteiger partial charge in [0, 0.05) is 19.5 Å². The average Bonchev–Trinajstić information content (AvgIpc) is 3.40. The third-order valence-corrected chi connectivity index (χ3v) is 5.40. The molecule has 1 saturated carbocycles. The van der Waals surface area contributed by atoms with Crippen LogP contribution in [0.25, 0.3) is 0 Å². The Balaban J connectivity index is 1.64. The van der Waals surface area contributed by atoms with Crippen LogP contribution in [0.15, 0.2) is 12.1 Å². The van der Waals surface area contributed by atoms with Crippen molar-refractivity contribution in [1.82, 2.24) is 10.3 Å². The van der Waals surface area contributed by atoms with Crippen molar-refractivity contribution in [3.8, 4) is 5.88 Å². The number of aromatic nitrogens is 1. The molecule has 1 aliphatic carbocycles. The zero-order valence-corrected chi connectivity index (χ0v) is 17.6. The lowest BCUT2D eigenvalue weighted by Crippen LogP contribution is -2.38. The molecular weight excluding hydrogens is 370 g/mol. The van der Waals surface area contributed by atoms with Crippen molar-refractivity contribution in [2.24, 2.45) is 5.92 Å². The largest absolute Gasteiger partial charge is 0.476 e. The van der Waals surface area contributed by atoms with Crippen LogP contribution in [0, 0.1) is 5.92 Å². The number of nitrogens with zero attached hydrogens (tertiary/aromatic N) is 2. The van der Waals surface area contributed by atoms with E-state index in [-0.39, 0.29) is 24.5 Å². The number of anilines is 1. The molecule has 7 nitrogen and oxygen atoms in total. The standard InChI is InChI=1S/C22H33N3O4/c1-3-7-20(26)28-15-17(4-2)23-21(27)18-10-11-19(25-12-5-6-13-25)22(24-18)29-14-16-8-9-16/h10-11,16-17H,3-9,12-15H2,1-2H3,(H,23,27). The van der Waals surface area contributed by atoms with Crippen molar-refractivity contribution >= 4 is 17.6 Å². The minimum absolute atomic E-state index is 0.179. The summed E-state index contributed by atoms with van der Waals surface area (Å²) in [6, 6.07) is 3.46. The smallest absolute Gasteiger partial charge is 0.305 e. The van der Waals surface area contributed by atoms with E-state index in [2.05, 4.69) is 15.2 Å². The van der Waals surface area contributed by atoms with Crippen molar-refractivity contribution in [1.29, 1.82) is 0 Å². The molecule has 1 atom stereocenters. The molecule has 29 heavy (non-hydrogen) atoms. The minimum Gasteiger partial charge on any atom is -0.476 e. The molecule has 1 amide bonds. The van der Waals surface area contributed by atoms with E-state index < -0.39 is 0 Å². The van der Waals surface area contributed by atoms with Gasteiger partial charge in [0.15, 0.2) is 0 Å². The van der Waals surface area contributed by atoms with Gasteiger partial charge in [-0.1, -0.05) is 13.8 Å². The summed E-state index contributed by atoms with van der Waals surface area (Å²) in [4.78, 5) is 31.1. The Kier molecular flexibility index (Phi) is 7.72. The van der Waals surface area contributed by atoms with Crippen LogP contribution in [-0.4, -0.2) is 49.2 Å². The first-order chi connectivity index (χ1) is 14.1. The van der Waals surface area contributed by atoms with E-state index >= 15 is 0 Å². The third-order valence-electron chi connectivity index (χ3n) is 5.40. The maximum atomic E-state index is 12.7. The molecule has 1 unspecified atom stereocenters. The van der Waals surface area contributed by atoms with Gasteiger partial charge in [0.25, 0.3) is 5.91 Å². The van der Waals surface area contributed by atoms with E-state index in [1.54, 1.807) is 6.07 Å². The highest BCUT2D eigenvalue weighted by Gasteiger charge is 2.25. The van der Waals surface area contributed by atoms with Crippen LogP contribution in [0.5, 0.6) is 5.88 Å². The SMILES string of the molecule is CCCC(=O)OCC(CC)NC(=O)c1ccc(N2CCCC2)c(OCC2CC2)n1. The van der Waals surface area contributed by atoms with Gasteiger partial charge in [-0.15, -0.1) is 0 Å². The van der Waals surface area contributed by atoms with Crippen molar-refractivity contribution in [2.45, 2.75) is 64.8 Å². The second-order valence-corrected chi connectivity index (χ2v) is 7.98. The second kappa shape index (κ2) is 10.5. The molecule has 2 fully saturated rings. The fourth-order valence-electron chi connectivity index (χ4n) is 3.34. The van der Waals surface area contributed by atoms with Crippen LogP contribution in [-0.2, 0) is 9.53 Å². The number of ether oxygens (including phenoxy) is 2. The maximum absolute atomic E-state index is 12.7. The predicted molar refractivity (Wildman–Crippen MR) is 111 cm³/mol. The highest BCUT2D eigenvalue weighted by atomic mass is 16.5. The first kappa shape index (κ1) is 21.4. The molecule has 1 saturated heterocycles. The number of rotatable bonds is 11. The van der Waals surface area contributed by atoms with Crippen LogP contribution >= 0.6 is 0 Å². The first-order valence-corrected chi connectivity index (χ1v) is 11.0. The zero-order chi connectivity index (χ0) is 20.6. The summed E-state index contributed by atoms with van der Waals surface area (Å²) < 4.78 is 11.2. The third kappa shape index (κ3) is 6.34. The molecule has 160 valence electrons. The number of carbonyl (C=O) groups is 2. The van der Waals surface area contributed by atoms with E-state index in [1.807, 2.05) is 19.9 Å². The first-order valence-electron chi connectivity index (χ1n) is 11.0. The highest BCUT2D eigenvalue weighted by Crippen LogP contribution is 2.33. The molecule has 1 N–H and O–H groups in total. The molecule has 7 heteroatoms. The topological polar surface area (TPSA) is 80.8 Å². The van der Waals surface area contributed by atoms with Crippen LogP contribution in [0.1, 0.15) is 69.3 Å². The Hall–Kier alpha value is -2.31. The van der Waals surface area contributed by atoms with Gasteiger partial charge in [-0.05, 0) is 56.6 Å². The normalized spacial score (nSPS) is 17.1. The van der Waals surface area contributed by atoms with Gasteiger partial charge in [-0.25, -0.2) is 4.98 Å². The van der Waals surface area contributed by atoms with Crippen molar-refractivity contribution in [2.75, 3.05) is 31.2 Å². The number of esters is 1. The van der Waals surface area contributed by atoms with E-state index in [4.69, 9.17) is 9.47 Å². The summed E-state index contributed by atoms with van der Waals surface area (Å²) in [5, 5.41) is 2.93. The summed E-state index contributed by atoms with van der Waals surface area (Å²) >= 11 is 0. The molecule has 1 aliphatic heterocycles. The van der Waals surface area contributed by atoms with Gasteiger partial charge in [0.2, 0.25) is 5.88 Å². The van der Waals surface area contributed by atoms with Crippen molar-refractivity contribution < 1.29 is 19.1 Å². The Bertz CT molecular complexity index is 699. The van der Waals surface area contributed by atoms with Crippen molar-refractivity contribution in [3.05, 3.63) is 17.8 Å². The quantitative estimate of drug-likeness (QED) is 0.571. The fraction of sp³-hybridized carbons (Fsp3) is 0.682. The van der Waals surface area contributed by atoms with Crippen molar-refractivity contribution in [3.63, 3.8) is 0 Å². The molecular formula is C22H33N3O4. The zero-order valence-electron chi connectivity index (χ0n) is 17.6. The molecule has 3 rings (SSSR count). The van der Waals surface area contributed by atoms with Crippen LogP contribution < -0.4 is 15.0 Å². The Morgan fingerprint density at radius 1 is 1.24 bits per heavy atom. The number of hydrogen-bond donors (Lipinski definition) is 1. The highest BCUT2D eigenvalue weighted by molar-refractivity contribution is 5.93. The van der Waals surface area contributed by atoms with Crippen LogP contribution in [0.2, 0.25) is 0 Å². The fourth-order valence-corrected chi connectivity index (χ4v) is 3.34. The summed E-state index contributed by atoms with van der Waals surface area (Å²) in [5.41, 5.74) is 1.30. The number of hydrogen-bond acceptors (Lipinski definition) is 6. The molecule has 0 aromatic carbocycles. The number of nitrogens with one attached hydrogen (secondary N) is 1. The second-order valence-electron chi connectivity index (χ2n) is 7.98. The maximum Gasteiger partial charge on any atom is 0.305 e. The Labute approximate surface area is 173 Å². The summed E-state index contributed by atoms with van der Waals surface area (Å²) in [6.45, 7) is 6.71. The van der Waals surface area contributed by atoms with E-state index in [0.717, 1.165) is 25.2 Å². The molecule has 0 spiro atoms. The molecule has 2 aliphatic rings. The number of carbonyl (C=O) groups excluding carboxylic acids is 2. The molecule has 1 aromatic heterocycles.